The summed E-state index contributed by atoms with van der Waals surface area (Å²) >= 11 is 3.41. The van der Waals surface area contributed by atoms with Gasteiger partial charge in [-0.1, -0.05) is 65.3 Å². The van der Waals surface area contributed by atoms with Crippen molar-refractivity contribution >= 4 is 43.5 Å². The van der Waals surface area contributed by atoms with E-state index in [0.29, 0.717) is 18.0 Å². The van der Waals surface area contributed by atoms with Gasteiger partial charge in [-0.2, -0.15) is 0 Å². The summed E-state index contributed by atoms with van der Waals surface area (Å²) in [5.41, 5.74) is 2.14. The van der Waals surface area contributed by atoms with E-state index in [1.54, 1.807) is 31.2 Å². The van der Waals surface area contributed by atoms with Gasteiger partial charge in [-0.15, -0.1) is 0 Å². The number of ether oxygens (including phenoxy) is 1. The van der Waals surface area contributed by atoms with Crippen LogP contribution in [0.5, 0.6) is 5.75 Å². The Morgan fingerprint density at radius 2 is 1.55 bits per heavy atom. The van der Waals surface area contributed by atoms with Gasteiger partial charge in [-0.3, -0.25) is 13.9 Å². The minimum Gasteiger partial charge on any atom is -0.489 e. The summed E-state index contributed by atoms with van der Waals surface area (Å²) < 4.78 is 33.4. The van der Waals surface area contributed by atoms with Crippen LogP contribution in [0.2, 0.25) is 0 Å². The van der Waals surface area contributed by atoms with E-state index in [1.807, 2.05) is 68.4 Å². The highest BCUT2D eigenvalue weighted by Gasteiger charge is 2.30. The third-order valence-electron chi connectivity index (χ3n) is 6.49. The van der Waals surface area contributed by atoms with Crippen LogP contribution in [0.3, 0.4) is 0 Å². The van der Waals surface area contributed by atoms with Crippen molar-refractivity contribution < 1.29 is 22.7 Å². The topological polar surface area (TPSA) is 96.0 Å². The number of carbonyl (C=O) groups excluding carboxylic acids is 2. The first kappa shape index (κ1) is 31.2. The molecule has 0 fully saturated rings. The highest BCUT2D eigenvalue weighted by Crippen LogP contribution is 2.23. The molecule has 0 aliphatic heterocycles. The van der Waals surface area contributed by atoms with E-state index in [1.165, 1.54) is 4.90 Å². The van der Waals surface area contributed by atoms with Crippen LogP contribution < -0.4 is 14.4 Å². The van der Waals surface area contributed by atoms with Crippen LogP contribution in [-0.4, -0.2) is 50.0 Å². The van der Waals surface area contributed by atoms with E-state index in [4.69, 9.17) is 4.74 Å². The quantitative estimate of drug-likeness (QED) is 0.283. The Labute approximate surface area is 245 Å². The second-order valence-electron chi connectivity index (χ2n) is 9.68. The number of nitrogens with zero attached hydrogens (tertiary/aromatic N) is 2. The summed E-state index contributed by atoms with van der Waals surface area (Å²) in [4.78, 5) is 28.1. The number of amides is 2. The van der Waals surface area contributed by atoms with Gasteiger partial charge in [0, 0.05) is 17.1 Å². The summed E-state index contributed by atoms with van der Waals surface area (Å²) in [6.07, 6.45) is 1.80. The normalized spacial score (nSPS) is 12.7. The van der Waals surface area contributed by atoms with Crippen molar-refractivity contribution in [2.75, 3.05) is 17.1 Å². The fourth-order valence-corrected chi connectivity index (χ4v) is 5.01. The maximum atomic E-state index is 13.7. The van der Waals surface area contributed by atoms with Crippen LogP contribution >= 0.6 is 15.9 Å². The number of carbonyl (C=O) groups is 2. The predicted octanol–water partition coefficient (Wildman–Crippen LogP) is 5.13. The lowest BCUT2D eigenvalue weighted by Crippen LogP contribution is -2.52. The second-order valence-corrected chi connectivity index (χ2v) is 12.5. The van der Waals surface area contributed by atoms with Gasteiger partial charge in [0.2, 0.25) is 21.8 Å². The number of hydrogen-bond donors (Lipinski definition) is 1. The van der Waals surface area contributed by atoms with Gasteiger partial charge < -0.3 is 15.0 Å². The smallest absolute Gasteiger partial charge is 0.244 e. The zero-order valence-corrected chi connectivity index (χ0v) is 25.6. The molecule has 10 heteroatoms. The summed E-state index contributed by atoms with van der Waals surface area (Å²) in [6, 6.07) is 22.8. The maximum Gasteiger partial charge on any atom is 0.244 e. The molecule has 8 nitrogen and oxygen atoms in total. The minimum atomic E-state index is -3.82. The Hall–Kier alpha value is -3.37. The van der Waals surface area contributed by atoms with Gasteiger partial charge in [-0.05, 0) is 67.8 Å². The summed E-state index contributed by atoms with van der Waals surface area (Å²) in [5, 5.41) is 2.92. The molecule has 0 radical (unpaired) electrons. The Morgan fingerprint density at radius 1 is 0.925 bits per heavy atom. The first-order valence-electron chi connectivity index (χ1n) is 13.1. The maximum absolute atomic E-state index is 13.7. The second kappa shape index (κ2) is 14.3. The summed E-state index contributed by atoms with van der Waals surface area (Å²) in [5.74, 6) is -0.227. The van der Waals surface area contributed by atoms with Crippen molar-refractivity contribution in [2.45, 2.75) is 52.4 Å². The van der Waals surface area contributed by atoms with Crippen molar-refractivity contribution in [3.63, 3.8) is 0 Å². The van der Waals surface area contributed by atoms with E-state index >= 15 is 0 Å². The van der Waals surface area contributed by atoms with Gasteiger partial charge >= 0.3 is 0 Å². The SMILES string of the molecule is CC[C@H](C)NC(=O)[C@H](C)N(Cc1ccc(Br)cc1)C(=O)CN(c1ccc(OCc2ccccc2)cc1)S(C)(=O)=O. The van der Waals surface area contributed by atoms with Crippen LogP contribution in [0.4, 0.5) is 5.69 Å². The molecule has 3 rings (SSSR count). The van der Waals surface area contributed by atoms with E-state index in [9.17, 15) is 18.0 Å². The van der Waals surface area contributed by atoms with E-state index in [2.05, 4.69) is 21.2 Å². The number of nitrogens with one attached hydrogen (secondary N) is 1. The van der Waals surface area contributed by atoms with Crippen LogP contribution in [0.1, 0.15) is 38.3 Å². The average Bonchev–Trinajstić information content (AvgIpc) is 2.94. The molecule has 3 aromatic rings. The molecule has 1 N–H and O–H groups in total. The fourth-order valence-electron chi connectivity index (χ4n) is 3.90. The molecule has 0 spiro atoms. The number of hydrogen-bond acceptors (Lipinski definition) is 5. The molecule has 0 aliphatic carbocycles. The molecule has 0 aliphatic rings. The van der Waals surface area contributed by atoms with Gasteiger partial charge in [0.15, 0.2) is 0 Å². The lowest BCUT2D eigenvalue weighted by molar-refractivity contribution is -0.139. The molecule has 0 aromatic heterocycles. The lowest BCUT2D eigenvalue weighted by Gasteiger charge is -2.32. The first-order chi connectivity index (χ1) is 19.0. The minimum absolute atomic E-state index is 0.0604. The molecule has 214 valence electrons. The van der Waals surface area contributed by atoms with E-state index in [-0.39, 0.29) is 18.5 Å². The highest BCUT2D eigenvalue weighted by atomic mass is 79.9. The zero-order chi connectivity index (χ0) is 29.3. The predicted molar refractivity (Wildman–Crippen MR) is 161 cm³/mol. The largest absolute Gasteiger partial charge is 0.489 e. The van der Waals surface area contributed by atoms with Crippen LogP contribution in [0.25, 0.3) is 0 Å². The molecule has 40 heavy (non-hydrogen) atoms. The Balaban J connectivity index is 1.81. The molecule has 2 amide bonds. The number of halogens is 1. The number of rotatable bonds is 13. The highest BCUT2D eigenvalue weighted by molar-refractivity contribution is 9.10. The lowest BCUT2D eigenvalue weighted by atomic mass is 10.1. The number of benzene rings is 3. The Bertz CT molecular complexity index is 1370. The molecule has 2 atom stereocenters. The van der Waals surface area contributed by atoms with E-state index in [0.717, 1.165) is 32.6 Å². The van der Waals surface area contributed by atoms with Crippen LogP contribution in [0, 0.1) is 0 Å². The monoisotopic (exact) mass is 629 g/mol. The molecule has 0 heterocycles. The van der Waals surface area contributed by atoms with Gasteiger partial charge in [0.25, 0.3) is 0 Å². The average molecular weight is 631 g/mol. The van der Waals surface area contributed by atoms with Gasteiger partial charge in [-0.25, -0.2) is 8.42 Å². The molecule has 3 aromatic carbocycles. The molecular weight excluding hydrogens is 594 g/mol. The first-order valence-corrected chi connectivity index (χ1v) is 15.7. The van der Waals surface area contributed by atoms with Crippen molar-refractivity contribution in [1.29, 1.82) is 0 Å². The molecular formula is C30H36BrN3O5S. The number of anilines is 1. The van der Waals surface area contributed by atoms with Crippen molar-refractivity contribution in [2.24, 2.45) is 0 Å². The van der Waals surface area contributed by atoms with E-state index < -0.39 is 28.5 Å². The standard InChI is InChI=1S/C30H36BrN3O5S/c1-5-22(2)32-30(36)23(3)33(19-24-11-13-26(31)14-12-24)29(35)20-34(40(4,37)38)27-15-17-28(18-16-27)39-21-25-9-7-6-8-10-25/h6-18,22-23H,5,19-21H2,1-4H3,(H,32,36)/t22-,23-/m0/s1. The third kappa shape index (κ3) is 9.09. The number of sulfonamides is 1. The Kier molecular flexibility index (Phi) is 11.2. The molecule has 0 unspecified atom stereocenters. The van der Waals surface area contributed by atoms with Crippen molar-refractivity contribution in [3.8, 4) is 5.75 Å². The Morgan fingerprint density at radius 3 is 2.12 bits per heavy atom. The van der Waals surface area contributed by atoms with Crippen LogP contribution in [0.15, 0.2) is 83.3 Å². The zero-order valence-electron chi connectivity index (χ0n) is 23.2. The van der Waals surface area contributed by atoms with Crippen molar-refractivity contribution in [1.82, 2.24) is 10.2 Å². The molecule has 0 saturated heterocycles. The summed E-state index contributed by atoms with van der Waals surface area (Å²) in [7, 11) is -3.82. The molecule has 0 bridgehead atoms. The summed E-state index contributed by atoms with van der Waals surface area (Å²) in [6.45, 7) is 5.56. The third-order valence-corrected chi connectivity index (χ3v) is 8.16. The molecule has 0 saturated carbocycles. The van der Waals surface area contributed by atoms with Crippen LogP contribution in [-0.2, 0) is 32.8 Å². The van der Waals surface area contributed by atoms with Gasteiger partial charge in [0.05, 0.1) is 11.9 Å². The fraction of sp³-hybridized carbons (Fsp3) is 0.333. The van der Waals surface area contributed by atoms with Gasteiger partial charge in [0.1, 0.15) is 24.9 Å². The van der Waals surface area contributed by atoms with Crippen molar-refractivity contribution in [3.05, 3.63) is 94.5 Å².